The molecule has 0 aliphatic heterocycles. The maximum absolute atomic E-state index is 6.26. The largest absolute Gasteiger partial charge is 0.482 e. The topological polar surface area (TPSA) is 86.3 Å². The van der Waals surface area contributed by atoms with E-state index in [1.807, 2.05) is 42.7 Å². The van der Waals surface area contributed by atoms with Crippen LogP contribution in [0.4, 0.5) is 11.4 Å². The Morgan fingerprint density at radius 2 is 1.80 bits per heavy atom. The molecule has 5 nitrogen and oxygen atoms in total. The Balaban J connectivity index is 1.83. The second-order valence-corrected chi connectivity index (χ2v) is 5.88. The van der Waals surface area contributed by atoms with Gasteiger partial charge < -0.3 is 25.9 Å². The highest BCUT2D eigenvalue weighted by Gasteiger charge is 2.16. The minimum atomic E-state index is -0.0301. The lowest BCUT2D eigenvalue weighted by Crippen LogP contribution is -2.07. The van der Waals surface area contributed by atoms with E-state index in [1.165, 1.54) is 0 Å². The predicted octanol–water partition coefficient (Wildman–Crippen LogP) is 4.89. The average Bonchev–Trinajstić information content (AvgIpc) is 3.14. The first kappa shape index (κ1) is 16.8. The molecular formula is C20H23N3O2. The van der Waals surface area contributed by atoms with Gasteiger partial charge in [-0.2, -0.15) is 0 Å². The van der Waals surface area contributed by atoms with Crippen molar-refractivity contribution in [1.82, 2.24) is 4.98 Å². The van der Waals surface area contributed by atoms with E-state index in [0.29, 0.717) is 28.6 Å². The van der Waals surface area contributed by atoms with Crippen LogP contribution in [0.2, 0.25) is 0 Å². The van der Waals surface area contributed by atoms with E-state index in [0.717, 1.165) is 18.4 Å². The number of rotatable bonds is 7. The van der Waals surface area contributed by atoms with Crippen molar-refractivity contribution in [3.8, 4) is 17.2 Å². The Morgan fingerprint density at radius 1 is 1.00 bits per heavy atom. The third kappa shape index (κ3) is 4.07. The average molecular weight is 337 g/mol. The fourth-order valence-corrected chi connectivity index (χ4v) is 2.62. The number of benzene rings is 2. The van der Waals surface area contributed by atoms with Gasteiger partial charge in [-0.25, -0.2) is 0 Å². The molecule has 3 aromatic rings. The Labute approximate surface area is 147 Å². The van der Waals surface area contributed by atoms with Crippen molar-refractivity contribution in [2.24, 2.45) is 0 Å². The predicted molar refractivity (Wildman–Crippen MR) is 101 cm³/mol. The minimum absolute atomic E-state index is 0.0301. The van der Waals surface area contributed by atoms with Crippen LogP contribution in [0.1, 0.15) is 31.4 Å². The summed E-state index contributed by atoms with van der Waals surface area (Å²) in [6.07, 6.45) is 5.78. The maximum atomic E-state index is 6.26. The Kier molecular flexibility index (Phi) is 5.14. The van der Waals surface area contributed by atoms with Crippen LogP contribution in [0.25, 0.3) is 0 Å². The van der Waals surface area contributed by atoms with Gasteiger partial charge in [0, 0.05) is 24.0 Å². The Hall–Kier alpha value is -3.08. The summed E-state index contributed by atoms with van der Waals surface area (Å²) in [5, 5.41) is 0. The second-order valence-electron chi connectivity index (χ2n) is 5.88. The lowest BCUT2D eigenvalue weighted by molar-refractivity contribution is 0.188. The number of nitrogen functional groups attached to an aromatic ring is 2. The summed E-state index contributed by atoms with van der Waals surface area (Å²) in [6, 6.07) is 14.9. The molecule has 0 radical (unpaired) electrons. The lowest BCUT2D eigenvalue weighted by atomic mass is 10.1. The number of nitrogens with one attached hydrogen (secondary N) is 1. The van der Waals surface area contributed by atoms with Gasteiger partial charge in [-0.05, 0) is 36.8 Å². The zero-order chi connectivity index (χ0) is 17.6. The van der Waals surface area contributed by atoms with Gasteiger partial charge >= 0.3 is 0 Å². The first-order valence-corrected chi connectivity index (χ1v) is 8.38. The summed E-state index contributed by atoms with van der Waals surface area (Å²) in [7, 11) is 0. The van der Waals surface area contributed by atoms with Crippen molar-refractivity contribution < 1.29 is 9.47 Å². The summed E-state index contributed by atoms with van der Waals surface area (Å²) in [5.74, 6) is 1.96. The molecule has 0 saturated carbocycles. The number of para-hydroxylation sites is 2. The molecule has 0 saturated heterocycles. The fraction of sp³-hybridized carbons (Fsp3) is 0.200. The number of aromatic nitrogens is 1. The van der Waals surface area contributed by atoms with Crippen LogP contribution in [-0.4, -0.2) is 4.98 Å². The molecule has 1 heterocycles. The summed E-state index contributed by atoms with van der Waals surface area (Å²) >= 11 is 0. The minimum Gasteiger partial charge on any atom is -0.482 e. The summed E-state index contributed by atoms with van der Waals surface area (Å²) < 4.78 is 12.2. The van der Waals surface area contributed by atoms with E-state index in [9.17, 15) is 0 Å². The number of H-pyrrole nitrogens is 1. The van der Waals surface area contributed by atoms with Gasteiger partial charge in [-0.3, -0.25) is 0 Å². The van der Waals surface area contributed by atoms with E-state index in [1.54, 1.807) is 18.2 Å². The van der Waals surface area contributed by atoms with E-state index in [-0.39, 0.29) is 6.10 Å². The van der Waals surface area contributed by atoms with E-state index in [2.05, 4.69) is 11.9 Å². The molecule has 25 heavy (non-hydrogen) atoms. The van der Waals surface area contributed by atoms with Crippen molar-refractivity contribution >= 4 is 11.4 Å². The van der Waals surface area contributed by atoms with Gasteiger partial charge in [0.15, 0.2) is 11.5 Å². The second kappa shape index (κ2) is 7.66. The SMILES string of the molecule is CCCC(Oc1ccccc1Oc1ccc(N)c(N)c1)c1cc[nH]c1. The maximum Gasteiger partial charge on any atom is 0.169 e. The van der Waals surface area contributed by atoms with Crippen LogP contribution < -0.4 is 20.9 Å². The van der Waals surface area contributed by atoms with E-state index < -0.39 is 0 Å². The van der Waals surface area contributed by atoms with E-state index in [4.69, 9.17) is 20.9 Å². The van der Waals surface area contributed by atoms with Crippen LogP contribution in [0.3, 0.4) is 0 Å². The van der Waals surface area contributed by atoms with Gasteiger partial charge in [-0.1, -0.05) is 25.5 Å². The number of anilines is 2. The number of ether oxygens (including phenoxy) is 2. The van der Waals surface area contributed by atoms with Crippen LogP contribution in [0.15, 0.2) is 60.9 Å². The van der Waals surface area contributed by atoms with Crippen LogP contribution in [-0.2, 0) is 0 Å². The molecule has 5 heteroatoms. The summed E-state index contributed by atoms with van der Waals surface area (Å²) in [4.78, 5) is 3.08. The molecule has 0 fully saturated rings. The quantitative estimate of drug-likeness (QED) is 0.536. The molecule has 0 bridgehead atoms. The van der Waals surface area contributed by atoms with E-state index >= 15 is 0 Å². The molecule has 3 rings (SSSR count). The zero-order valence-electron chi connectivity index (χ0n) is 14.2. The molecule has 1 aromatic heterocycles. The molecule has 0 spiro atoms. The van der Waals surface area contributed by atoms with Crippen molar-refractivity contribution in [2.75, 3.05) is 11.5 Å². The Bertz CT molecular complexity index is 816. The highest BCUT2D eigenvalue weighted by molar-refractivity contribution is 5.65. The van der Waals surface area contributed by atoms with Crippen LogP contribution >= 0.6 is 0 Å². The van der Waals surface area contributed by atoms with Gasteiger partial charge in [0.05, 0.1) is 11.4 Å². The highest BCUT2D eigenvalue weighted by Crippen LogP contribution is 2.36. The number of nitrogens with two attached hydrogens (primary N) is 2. The van der Waals surface area contributed by atoms with Gasteiger partial charge in [0.25, 0.3) is 0 Å². The molecule has 0 aliphatic carbocycles. The third-order valence-corrected chi connectivity index (χ3v) is 3.95. The molecule has 2 aromatic carbocycles. The molecule has 1 atom stereocenters. The number of aromatic amines is 1. The van der Waals surface area contributed by atoms with Crippen molar-refractivity contribution in [3.05, 3.63) is 66.5 Å². The molecule has 1 unspecified atom stereocenters. The van der Waals surface area contributed by atoms with Gasteiger partial charge in [0.2, 0.25) is 0 Å². The highest BCUT2D eigenvalue weighted by atomic mass is 16.5. The van der Waals surface area contributed by atoms with Gasteiger partial charge in [-0.15, -0.1) is 0 Å². The molecule has 0 amide bonds. The normalized spacial score (nSPS) is 11.9. The number of hydrogen-bond acceptors (Lipinski definition) is 4. The van der Waals surface area contributed by atoms with Crippen LogP contribution in [0, 0.1) is 0 Å². The van der Waals surface area contributed by atoms with Crippen molar-refractivity contribution in [1.29, 1.82) is 0 Å². The van der Waals surface area contributed by atoms with Gasteiger partial charge in [0.1, 0.15) is 11.9 Å². The standard InChI is InChI=1S/C20H23N3O2/c1-2-5-18(14-10-11-23-13-14)25-20-7-4-3-6-19(20)24-15-8-9-16(21)17(22)12-15/h3-4,6-13,18,23H,2,5,21-22H2,1H3. The van der Waals surface area contributed by atoms with Crippen molar-refractivity contribution in [2.45, 2.75) is 25.9 Å². The molecule has 130 valence electrons. The number of hydrogen-bond donors (Lipinski definition) is 3. The first-order chi connectivity index (χ1) is 12.2. The lowest BCUT2D eigenvalue weighted by Gasteiger charge is -2.20. The molecule has 0 aliphatic rings. The zero-order valence-corrected chi connectivity index (χ0v) is 14.2. The molecular weight excluding hydrogens is 314 g/mol. The Morgan fingerprint density at radius 3 is 2.48 bits per heavy atom. The smallest absolute Gasteiger partial charge is 0.169 e. The monoisotopic (exact) mass is 337 g/mol. The first-order valence-electron chi connectivity index (χ1n) is 8.38. The molecule has 5 N–H and O–H groups in total. The van der Waals surface area contributed by atoms with Crippen LogP contribution in [0.5, 0.6) is 17.2 Å². The summed E-state index contributed by atoms with van der Waals surface area (Å²) in [6.45, 7) is 2.14. The fourth-order valence-electron chi connectivity index (χ4n) is 2.62. The van der Waals surface area contributed by atoms with Crippen molar-refractivity contribution in [3.63, 3.8) is 0 Å². The third-order valence-electron chi connectivity index (χ3n) is 3.95. The summed E-state index contributed by atoms with van der Waals surface area (Å²) in [5.41, 5.74) is 13.8.